The second kappa shape index (κ2) is 7.06. The first kappa shape index (κ1) is 16.4. The molecule has 2 aliphatic heterocycles. The zero-order valence-electron chi connectivity index (χ0n) is 14.1. The fourth-order valence-corrected chi connectivity index (χ4v) is 3.85. The Morgan fingerprint density at radius 3 is 3.00 bits per heavy atom. The maximum atomic E-state index is 13.7. The molecule has 2 aromatic heterocycles. The molecule has 0 saturated carbocycles. The van der Waals surface area contributed by atoms with Crippen molar-refractivity contribution in [2.75, 3.05) is 19.7 Å². The monoisotopic (exact) mass is 343 g/mol. The molecule has 4 rings (SSSR count). The van der Waals surface area contributed by atoms with Gasteiger partial charge in [0, 0.05) is 38.1 Å². The van der Waals surface area contributed by atoms with Crippen LogP contribution >= 0.6 is 0 Å². The number of halogens is 1. The van der Waals surface area contributed by atoms with E-state index in [2.05, 4.69) is 14.9 Å². The zero-order chi connectivity index (χ0) is 17.1. The molecule has 0 aliphatic carbocycles. The minimum atomic E-state index is -0.425. The van der Waals surface area contributed by atoms with Crippen molar-refractivity contribution >= 4 is 0 Å². The first-order chi connectivity index (χ1) is 12.2. The summed E-state index contributed by atoms with van der Waals surface area (Å²) in [7, 11) is 0. The lowest BCUT2D eigenvalue weighted by molar-refractivity contribution is -0.0538. The predicted molar refractivity (Wildman–Crippen MR) is 90.7 cm³/mol. The van der Waals surface area contributed by atoms with Crippen LogP contribution in [-0.2, 0) is 11.3 Å². The Kier molecular flexibility index (Phi) is 4.63. The highest BCUT2D eigenvalue weighted by molar-refractivity contribution is 5.14. The number of hydrogen-bond acceptors (Lipinski definition) is 5. The van der Waals surface area contributed by atoms with Crippen LogP contribution in [0.4, 0.5) is 4.39 Å². The Labute approximate surface area is 146 Å². The molecular formula is C19H22FN3O2. The molecule has 5 nitrogen and oxygen atoms in total. The van der Waals surface area contributed by atoms with Gasteiger partial charge in [0.25, 0.3) is 5.88 Å². The maximum absolute atomic E-state index is 13.7. The number of aromatic nitrogens is 2. The van der Waals surface area contributed by atoms with Crippen LogP contribution in [0.3, 0.4) is 0 Å². The van der Waals surface area contributed by atoms with Crippen molar-refractivity contribution in [1.29, 1.82) is 0 Å². The largest absolute Gasteiger partial charge is 0.470 e. The lowest BCUT2D eigenvalue weighted by atomic mass is 9.89. The Morgan fingerprint density at radius 2 is 2.16 bits per heavy atom. The highest BCUT2D eigenvalue weighted by Gasteiger charge is 2.44. The second-order valence-electron chi connectivity index (χ2n) is 6.90. The van der Waals surface area contributed by atoms with E-state index in [9.17, 15) is 4.39 Å². The molecule has 0 unspecified atom stereocenters. The Hall–Kier alpha value is -2.05. The van der Waals surface area contributed by atoms with Crippen LogP contribution in [0, 0.1) is 5.82 Å². The summed E-state index contributed by atoms with van der Waals surface area (Å²) < 4.78 is 25.6. The quantitative estimate of drug-likeness (QED) is 0.854. The van der Waals surface area contributed by atoms with Crippen molar-refractivity contribution in [2.24, 2.45) is 0 Å². The smallest absolute Gasteiger partial charge is 0.250 e. The number of piperidine rings is 1. The summed E-state index contributed by atoms with van der Waals surface area (Å²) in [5.74, 6) is -0.357. The van der Waals surface area contributed by atoms with Crippen molar-refractivity contribution in [3.8, 4) is 5.88 Å². The average Bonchev–Trinajstić information content (AvgIpc) is 3.00. The summed E-state index contributed by atoms with van der Waals surface area (Å²) in [6, 6.07) is 7.02. The lowest BCUT2D eigenvalue weighted by Gasteiger charge is -2.39. The van der Waals surface area contributed by atoms with Crippen LogP contribution < -0.4 is 4.74 Å². The number of pyridine rings is 2. The van der Waals surface area contributed by atoms with E-state index in [0.717, 1.165) is 38.9 Å². The van der Waals surface area contributed by atoms with Crippen LogP contribution in [0.25, 0.3) is 0 Å². The molecule has 0 amide bonds. The average molecular weight is 343 g/mol. The SMILES string of the molecule is Fc1cccnc1O[C@@H]1CO[C@]2(CCCN(Cc3ccncc3)C2)C1. The number of nitrogens with zero attached hydrogens (tertiary/aromatic N) is 3. The second-order valence-corrected chi connectivity index (χ2v) is 6.90. The standard InChI is InChI=1S/C19H22FN3O2/c20-17-3-1-7-22-18(17)25-16-11-19(24-13-16)6-2-10-23(14-19)12-15-4-8-21-9-5-15/h1,3-5,7-9,16H,2,6,10-14H2/t16-,19+/m0/s1. The molecule has 2 aromatic rings. The van der Waals surface area contributed by atoms with Crippen molar-refractivity contribution < 1.29 is 13.9 Å². The summed E-state index contributed by atoms with van der Waals surface area (Å²) >= 11 is 0. The van der Waals surface area contributed by atoms with Gasteiger partial charge in [-0.3, -0.25) is 9.88 Å². The fraction of sp³-hybridized carbons (Fsp3) is 0.474. The summed E-state index contributed by atoms with van der Waals surface area (Å²) in [5.41, 5.74) is 1.06. The highest BCUT2D eigenvalue weighted by atomic mass is 19.1. The van der Waals surface area contributed by atoms with Gasteiger partial charge >= 0.3 is 0 Å². The van der Waals surface area contributed by atoms with E-state index in [1.807, 2.05) is 24.5 Å². The Morgan fingerprint density at radius 1 is 1.28 bits per heavy atom. The summed E-state index contributed by atoms with van der Waals surface area (Å²) in [6.45, 7) is 3.32. The highest BCUT2D eigenvalue weighted by Crippen LogP contribution is 2.36. The molecule has 2 fully saturated rings. The molecule has 132 valence electrons. The van der Waals surface area contributed by atoms with Gasteiger partial charge in [-0.05, 0) is 49.2 Å². The number of likely N-dealkylation sites (tertiary alicyclic amines) is 1. The minimum absolute atomic E-state index is 0.0672. The van der Waals surface area contributed by atoms with Crippen molar-refractivity contribution in [2.45, 2.75) is 37.5 Å². The first-order valence-corrected chi connectivity index (χ1v) is 8.75. The van der Waals surface area contributed by atoms with Gasteiger partial charge in [0.1, 0.15) is 6.10 Å². The van der Waals surface area contributed by atoms with Crippen LogP contribution in [0.15, 0.2) is 42.9 Å². The van der Waals surface area contributed by atoms with E-state index in [0.29, 0.717) is 6.61 Å². The third kappa shape index (κ3) is 3.80. The van der Waals surface area contributed by atoms with Gasteiger partial charge in [0.05, 0.1) is 12.2 Å². The normalized spacial score (nSPS) is 26.8. The summed E-state index contributed by atoms with van der Waals surface area (Å²) in [4.78, 5) is 10.5. The van der Waals surface area contributed by atoms with Crippen molar-refractivity contribution in [3.05, 3.63) is 54.2 Å². The third-order valence-corrected chi connectivity index (χ3v) is 4.95. The molecule has 0 aromatic carbocycles. The third-order valence-electron chi connectivity index (χ3n) is 4.95. The lowest BCUT2D eigenvalue weighted by Crippen LogP contribution is -2.47. The topological polar surface area (TPSA) is 47.5 Å². The van der Waals surface area contributed by atoms with E-state index in [4.69, 9.17) is 9.47 Å². The number of ether oxygens (including phenoxy) is 2. The van der Waals surface area contributed by atoms with Gasteiger partial charge in [0.15, 0.2) is 5.82 Å². The van der Waals surface area contributed by atoms with Crippen molar-refractivity contribution in [3.63, 3.8) is 0 Å². The van der Waals surface area contributed by atoms with E-state index in [1.165, 1.54) is 11.6 Å². The molecule has 2 saturated heterocycles. The fourth-order valence-electron chi connectivity index (χ4n) is 3.85. The molecule has 2 aliphatic rings. The van der Waals surface area contributed by atoms with E-state index in [-0.39, 0.29) is 17.6 Å². The van der Waals surface area contributed by atoms with Gasteiger partial charge < -0.3 is 9.47 Å². The molecule has 4 heterocycles. The summed E-state index contributed by atoms with van der Waals surface area (Å²) in [5, 5.41) is 0. The van der Waals surface area contributed by atoms with Crippen molar-refractivity contribution in [1.82, 2.24) is 14.9 Å². The molecular weight excluding hydrogens is 321 g/mol. The molecule has 25 heavy (non-hydrogen) atoms. The zero-order valence-corrected chi connectivity index (χ0v) is 14.1. The van der Waals surface area contributed by atoms with Gasteiger partial charge in [-0.1, -0.05) is 0 Å². The first-order valence-electron chi connectivity index (χ1n) is 8.75. The Balaban J connectivity index is 1.38. The van der Waals surface area contributed by atoms with Gasteiger partial charge in [-0.25, -0.2) is 9.37 Å². The summed E-state index contributed by atoms with van der Waals surface area (Å²) in [6.07, 6.45) is 7.93. The van der Waals surface area contributed by atoms with E-state index in [1.54, 1.807) is 12.3 Å². The molecule has 6 heteroatoms. The minimum Gasteiger partial charge on any atom is -0.470 e. The Bertz CT molecular complexity index is 715. The van der Waals surface area contributed by atoms with Gasteiger partial charge in [-0.2, -0.15) is 0 Å². The maximum Gasteiger partial charge on any atom is 0.250 e. The van der Waals surface area contributed by atoms with Crippen LogP contribution in [-0.4, -0.2) is 46.3 Å². The van der Waals surface area contributed by atoms with E-state index >= 15 is 0 Å². The molecule has 0 N–H and O–H groups in total. The number of hydrogen-bond donors (Lipinski definition) is 0. The van der Waals surface area contributed by atoms with Crippen LogP contribution in [0.5, 0.6) is 5.88 Å². The van der Waals surface area contributed by atoms with Gasteiger partial charge in [0.2, 0.25) is 0 Å². The number of rotatable bonds is 4. The van der Waals surface area contributed by atoms with Gasteiger partial charge in [-0.15, -0.1) is 0 Å². The van der Waals surface area contributed by atoms with Crippen LogP contribution in [0.2, 0.25) is 0 Å². The molecule has 1 spiro atoms. The molecule has 2 atom stereocenters. The molecule has 0 radical (unpaired) electrons. The van der Waals surface area contributed by atoms with Crippen LogP contribution in [0.1, 0.15) is 24.8 Å². The van der Waals surface area contributed by atoms with E-state index < -0.39 is 5.82 Å². The molecule has 0 bridgehead atoms. The predicted octanol–water partition coefficient (Wildman–Crippen LogP) is 2.82.